The maximum Gasteiger partial charge on any atom is 0.260 e. The van der Waals surface area contributed by atoms with Crippen molar-refractivity contribution >= 4 is 82.0 Å². The average molecular weight is 1200 g/mol. The molecule has 5 aliphatic rings. The summed E-state index contributed by atoms with van der Waals surface area (Å²) in [6.07, 6.45) is 11.6. The van der Waals surface area contributed by atoms with Gasteiger partial charge in [-0.05, 0) is 109 Å². The number of imide groups is 1. The summed E-state index contributed by atoms with van der Waals surface area (Å²) in [5.41, 5.74) is 3.20. The first-order valence-electron chi connectivity index (χ1n) is 29.6. The first-order chi connectivity index (χ1) is 41.5. The zero-order valence-corrected chi connectivity index (χ0v) is 52.7. The van der Waals surface area contributed by atoms with E-state index in [-0.39, 0.29) is 47.1 Å². The number of carbonyl (C=O) groups excluding carboxylic acids is 7. The van der Waals surface area contributed by atoms with Crippen molar-refractivity contribution in [1.29, 1.82) is 0 Å². The third kappa shape index (κ3) is 13.7. The van der Waals surface area contributed by atoms with Gasteiger partial charge in [-0.2, -0.15) is 0 Å². The highest BCUT2D eigenvalue weighted by Crippen LogP contribution is 2.44. The quantitative estimate of drug-likeness (QED) is 0.0588. The SMILES string of the molecule is COc1ccc(C2=CN3C(=O)c4cc(OC)c(OCC(C)(C)CC(C)(C)COc5cc6c(cc5OC)C(=O)N5C=C(c7ccc(NC(=O)C(C)NC(=O)C(NC(=O)C(C)(C)CC(C)(C)N8C(=O)C=CC8=O)C(C)C)cc7)CC5C=N6)cc4N=CC3C2)cc1. The summed E-state index contributed by atoms with van der Waals surface area (Å²) in [6.45, 7) is 21.0. The lowest BCUT2D eigenvalue weighted by Gasteiger charge is -2.40. The second kappa shape index (κ2) is 25.0. The molecule has 20 heteroatoms. The molecule has 0 bridgehead atoms. The lowest BCUT2D eigenvalue weighted by atomic mass is 9.76. The van der Waals surface area contributed by atoms with Crippen LogP contribution in [-0.4, -0.2) is 133 Å². The number of hydrogen-bond donors (Lipinski definition) is 3. The predicted molar refractivity (Wildman–Crippen MR) is 336 cm³/mol. The number of carbonyl (C=O) groups is 7. The molecule has 4 aromatic rings. The largest absolute Gasteiger partial charge is 0.497 e. The van der Waals surface area contributed by atoms with Gasteiger partial charge in [0.1, 0.15) is 17.8 Å². The van der Waals surface area contributed by atoms with Gasteiger partial charge in [0.25, 0.3) is 23.6 Å². The molecule has 4 atom stereocenters. The Kier molecular flexibility index (Phi) is 18.0. The Bertz CT molecular complexity index is 3580. The van der Waals surface area contributed by atoms with Crippen LogP contribution in [-0.2, 0) is 24.0 Å². The Labute approximate surface area is 514 Å². The third-order valence-electron chi connectivity index (χ3n) is 16.5. The first kappa shape index (κ1) is 63.4. The number of rotatable bonds is 23. The number of nitrogens with one attached hydrogen (secondary N) is 3. The molecule has 9 rings (SSSR count). The Hall–Kier alpha value is -9.07. The summed E-state index contributed by atoms with van der Waals surface area (Å²) in [5.74, 6) is -0.624. The number of amides is 7. The second-order valence-electron chi connectivity index (χ2n) is 26.4. The molecule has 0 saturated heterocycles. The Morgan fingerprint density at radius 1 is 0.591 bits per heavy atom. The molecule has 0 saturated carbocycles. The fraction of sp³-hybridized carbons (Fsp3) is 0.426. The molecule has 464 valence electrons. The number of benzene rings is 4. The fourth-order valence-electron chi connectivity index (χ4n) is 12.4. The van der Waals surface area contributed by atoms with E-state index in [4.69, 9.17) is 33.7 Å². The van der Waals surface area contributed by atoms with Gasteiger partial charge in [-0.15, -0.1) is 0 Å². The molecule has 20 nitrogen and oxygen atoms in total. The normalized spacial score (nSPS) is 17.9. The highest BCUT2D eigenvalue weighted by atomic mass is 16.5. The smallest absolute Gasteiger partial charge is 0.260 e. The standard InChI is InChI=1S/C68H80N8O12/c1-39(2)59(73-64(83)67(8,9)36-68(10,11)76-57(77)23-24-58(76)78)61(80)71-40(3)60(79)72-45-19-15-41(16-20-45)43-25-46-31-69-51-29-55(53(85-13)27-49(51)62(81)74(46)33-43)87-37-65(4,5)35-66(6,7)38-88-56-30-52-50(28-54(56)86-14)63(82)75-34-44(26-47(75)32-70-52)42-17-21-48(84-12)22-18-42/h15-24,27-34,39-40,46-47,59H,25-26,35-38H2,1-14H3,(H,71,80)(H,72,79)(H,73,83). The van der Waals surface area contributed by atoms with Crippen LogP contribution in [0.1, 0.15) is 134 Å². The third-order valence-corrected chi connectivity index (χ3v) is 16.5. The topological polar surface area (TPSA) is 236 Å². The molecule has 0 fully saturated rings. The minimum absolute atomic E-state index is 0.133. The summed E-state index contributed by atoms with van der Waals surface area (Å²) >= 11 is 0. The maximum atomic E-state index is 14.3. The molecule has 7 amide bonds. The van der Waals surface area contributed by atoms with Gasteiger partial charge in [-0.25, -0.2) is 0 Å². The molecule has 5 aliphatic heterocycles. The van der Waals surface area contributed by atoms with Gasteiger partial charge >= 0.3 is 0 Å². The number of anilines is 1. The number of methoxy groups -OCH3 is 3. The summed E-state index contributed by atoms with van der Waals surface area (Å²) in [5, 5.41) is 8.43. The van der Waals surface area contributed by atoms with E-state index in [9.17, 15) is 33.6 Å². The van der Waals surface area contributed by atoms with E-state index in [1.807, 2.05) is 55.0 Å². The van der Waals surface area contributed by atoms with Gasteiger partial charge in [-0.3, -0.25) is 48.4 Å². The van der Waals surface area contributed by atoms with Gasteiger partial charge in [-0.1, -0.05) is 79.7 Å². The molecule has 0 spiro atoms. The monoisotopic (exact) mass is 1200 g/mol. The van der Waals surface area contributed by atoms with Crippen molar-refractivity contribution in [2.24, 2.45) is 32.1 Å². The highest BCUT2D eigenvalue weighted by Gasteiger charge is 2.45. The van der Waals surface area contributed by atoms with Crippen molar-refractivity contribution in [1.82, 2.24) is 25.3 Å². The minimum Gasteiger partial charge on any atom is -0.497 e. The van der Waals surface area contributed by atoms with Crippen LogP contribution in [0.2, 0.25) is 0 Å². The van der Waals surface area contributed by atoms with E-state index in [1.54, 1.807) is 115 Å². The summed E-state index contributed by atoms with van der Waals surface area (Å²) < 4.78 is 29.9. The van der Waals surface area contributed by atoms with Crippen LogP contribution in [0.4, 0.5) is 17.1 Å². The fourth-order valence-corrected chi connectivity index (χ4v) is 12.4. The Balaban J connectivity index is 0.772. The molecule has 88 heavy (non-hydrogen) atoms. The van der Waals surface area contributed by atoms with Crippen molar-refractivity contribution in [3.05, 3.63) is 120 Å². The summed E-state index contributed by atoms with van der Waals surface area (Å²) in [4.78, 5) is 108. The van der Waals surface area contributed by atoms with E-state index in [0.29, 0.717) is 83.7 Å². The summed E-state index contributed by atoms with van der Waals surface area (Å²) in [7, 11) is 4.72. The minimum atomic E-state index is -1.09. The Morgan fingerprint density at radius 3 is 1.50 bits per heavy atom. The molecular weight excluding hydrogens is 1120 g/mol. The van der Waals surface area contributed by atoms with E-state index in [1.165, 1.54) is 19.3 Å². The van der Waals surface area contributed by atoms with Crippen LogP contribution in [0.25, 0.3) is 11.1 Å². The van der Waals surface area contributed by atoms with Gasteiger partial charge in [0.2, 0.25) is 17.7 Å². The lowest BCUT2D eigenvalue weighted by Crippen LogP contribution is -2.57. The van der Waals surface area contributed by atoms with Crippen LogP contribution < -0.4 is 39.6 Å². The molecule has 0 aliphatic carbocycles. The number of fused-ring (bicyclic) bond motifs is 4. The van der Waals surface area contributed by atoms with Gasteiger partial charge in [0, 0.05) is 78.6 Å². The molecule has 4 aromatic carbocycles. The van der Waals surface area contributed by atoms with Crippen LogP contribution in [0.3, 0.4) is 0 Å². The molecule has 0 aromatic heterocycles. The molecule has 3 N–H and O–H groups in total. The van der Waals surface area contributed by atoms with Crippen molar-refractivity contribution in [2.45, 2.75) is 132 Å². The predicted octanol–water partition coefficient (Wildman–Crippen LogP) is 10.3. The highest BCUT2D eigenvalue weighted by molar-refractivity contribution is 6.13. The maximum absolute atomic E-state index is 14.3. The molecule has 4 unspecified atom stereocenters. The summed E-state index contributed by atoms with van der Waals surface area (Å²) in [6, 6.07) is 19.3. The number of nitrogens with zero attached hydrogens (tertiary/aromatic N) is 5. The average Bonchev–Trinajstić information content (AvgIpc) is 3.37. The van der Waals surface area contributed by atoms with Crippen molar-refractivity contribution in [2.75, 3.05) is 39.9 Å². The van der Waals surface area contributed by atoms with E-state index in [2.05, 4.69) is 43.6 Å². The van der Waals surface area contributed by atoms with Crippen LogP contribution in [0.15, 0.2) is 107 Å². The van der Waals surface area contributed by atoms with Crippen molar-refractivity contribution < 1.29 is 57.2 Å². The van der Waals surface area contributed by atoms with Gasteiger partial charge in [0.05, 0.1) is 69.1 Å². The zero-order chi connectivity index (χ0) is 63.8. The van der Waals surface area contributed by atoms with E-state index in [0.717, 1.165) is 32.9 Å². The van der Waals surface area contributed by atoms with Crippen LogP contribution in [0, 0.1) is 22.2 Å². The Morgan fingerprint density at radius 2 is 1.06 bits per heavy atom. The van der Waals surface area contributed by atoms with Gasteiger partial charge in [0.15, 0.2) is 23.0 Å². The zero-order valence-electron chi connectivity index (χ0n) is 52.7. The first-order valence-corrected chi connectivity index (χ1v) is 29.6. The van der Waals surface area contributed by atoms with Gasteiger partial charge < -0.3 is 49.4 Å². The van der Waals surface area contributed by atoms with E-state index >= 15 is 0 Å². The van der Waals surface area contributed by atoms with Crippen molar-refractivity contribution in [3.8, 4) is 28.7 Å². The van der Waals surface area contributed by atoms with Crippen molar-refractivity contribution in [3.63, 3.8) is 0 Å². The molecular formula is C68H80N8O12. The van der Waals surface area contributed by atoms with Crippen LogP contribution in [0.5, 0.6) is 28.7 Å². The van der Waals surface area contributed by atoms with Crippen LogP contribution >= 0.6 is 0 Å². The lowest BCUT2D eigenvalue weighted by molar-refractivity contribution is -0.146. The molecule has 0 radical (unpaired) electrons. The molecule has 5 heterocycles. The number of ether oxygens (including phenoxy) is 5. The number of hydrogen-bond acceptors (Lipinski definition) is 14. The van der Waals surface area contributed by atoms with E-state index < -0.39 is 52.6 Å². The second-order valence-corrected chi connectivity index (χ2v) is 26.4. The number of aliphatic imine (C=N–C) groups is 2.